The SMILES string of the molecule is CN=C(NCc1cccc(C(F)(F)F)c1)NCc1ccnc(N2CCN(C)CC2)c1. The van der Waals surface area contributed by atoms with Crippen LogP contribution in [0.4, 0.5) is 19.0 Å². The van der Waals surface area contributed by atoms with E-state index >= 15 is 0 Å². The molecule has 6 nitrogen and oxygen atoms in total. The summed E-state index contributed by atoms with van der Waals surface area (Å²) in [6.07, 6.45) is -2.55. The highest BCUT2D eigenvalue weighted by Crippen LogP contribution is 2.29. The van der Waals surface area contributed by atoms with Crippen molar-refractivity contribution in [3.63, 3.8) is 0 Å². The Kier molecular flexibility index (Phi) is 7.15. The summed E-state index contributed by atoms with van der Waals surface area (Å²) >= 11 is 0. The van der Waals surface area contributed by atoms with E-state index < -0.39 is 11.7 Å². The minimum Gasteiger partial charge on any atom is -0.354 e. The highest BCUT2D eigenvalue weighted by Gasteiger charge is 2.30. The fourth-order valence-corrected chi connectivity index (χ4v) is 3.23. The number of guanidine groups is 1. The number of anilines is 1. The molecule has 1 aromatic heterocycles. The number of alkyl halides is 3. The second-order valence-corrected chi connectivity index (χ2v) is 7.29. The van der Waals surface area contributed by atoms with Crippen molar-refractivity contribution in [2.75, 3.05) is 45.2 Å². The maximum Gasteiger partial charge on any atom is 0.416 e. The molecule has 1 aliphatic rings. The van der Waals surface area contributed by atoms with E-state index in [9.17, 15) is 13.2 Å². The molecule has 2 aromatic rings. The summed E-state index contributed by atoms with van der Waals surface area (Å²) in [6.45, 7) is 4.69. The average Bonchev–Trinajstić information content (AvgIpc) is 2.74. The standard InChI is InChI=1S/C21H27F3N6/c1-25-20(27-14-16-4-3-5-18(12-16)21(22,23)24)28-15-17-6-7-26-19(13-17)30-10-8-29(2)9-11-30/h3-7,12-13H,8-11,14-15H2,1-2H3,(H2,25,27,28). The largest absolute Gasteiger partial charge is 0.416 e. The number of rotatable bonds is 5. The maximum atomic E-state index is 12.9. The van der Waals surface area contributed by atoms with E-state index in [1.165, 1.54) is 6.07 Å². The van der Waals surface area contributed by atoms with Gasteiger partial charge in [-0.1, -0.05) is 12.1 Å². The number of hydrogen-bond donors (Lipinski definition) is 2. The topological polar surface area (TPSA) is 55.8 Å². The van der Waals surface area contributed by atoms with Gasteiger partial charge in [-0.05, 0) is 42.4 Å². The van der Waals surface area contributed by atoms with Gasteiger partial charge in [0.1, 0.15) is 5.82 Å². The number of aliphatic imine (C=N–C) groups is 1. The molecule has 0 amide bonds. The number of halogens is 3. The Morgan fingerprint density at radius 1 is 1.03 bits per heavy atom. The van der Waals surface area contributed by atoms with Crippen LogP contribution in [0.3, 0.4) is 0 Å². The van der Waals surface area contributed by atoms with Crippen LogP contribution in [-0.4, -0.2) is 56.1 Å². The van der Waals surface area contributed by atoms with E-state index in [1.807, 2.05) is 6.07 Å². The first-order valence-corrected chi connectivity index (χ1v) is 9.84. The van der Waals surface area contributed by atoms with E-state index in [0.717, 1.165) is 49.7 Å². The summed E-state index contributed by atoms with van der Waals surface area (Å²) in [5, 5.41) is 6.26. The van der Waals surface area contributed by atoms with Crippen molar-refractivity contribution in [3.8, 4) is 0 Å². The molecule has 1 fully saturated rings. The zero-order valence-corrected chi connectivity index (χ0v) is 17.2. The second-order valence-electron chi connectivity index (χ2n) is 7.29. The van der Waals surface area contributed by atoms with Gasteiger partial charge in [0, 0.05) is 52.5 Å². The fourth-order valence-electron chi connectivity index (χ4n) is 3.23. The molecule has 0 bridgehead atoms. The van der Waals surface area contributed by atoms with Crippen molar-refractivity contribution >= 4 is 11.8 Å². The van der Waals surface area contributed by atoms with Crippen molar-refractivity contribution in [2.45, 2.75) is 19.3 Å². The molecule has 0 unspecified atom stereocenters. The number of benzene rings is 1. The smallest absolute Gasteiger partial charge is 0.354 e. The van der Waals surface area contributed by atoms with Crippen molar-refractivity contribution in [1.82, 2.24) is 20.5 Å². The van der Waals surface area contributed by atoms with Crippen molar-refractivity contribution in [2.24, 2.45) is 4.99 Å². The van der Waals surface area contributed by atoms with Crippen LogP contribution in [0.2, 0.25) is 0 Å². The molecule has 0 saturated carbocycles. The molecule has 0 atom stereocenters. The summed E-state index contributed by atoms with van der Waals surface area (Å²) in [5.74, 6) is 1.47. The summed E-state index contributed by atoms with van der Waals surface area (Å²) in [6, 6.07) is 9.27. The van der Waals surface area contributed by atoms with Gasteiger partial charge in [0.15, 0.2) is 5.96 Å². The summed E-state index contributed by atoms with van der Waals surface area (Å²) in [7, 11) is 3.74. The lowest BCUT2D eigenvalue weighted by atomic mass is 10.1. The summed E-state index contributed by atoms with van der Waals surface area (Å²) in [4.78, 5) is 13.2. The first kappa shape index (κ1) is 21.9. The van der Waals surface area contributed by atoms with Gasteiger partial charge in [0.2, 0.25) is 0 Å². The predicted molar refractivity (Wildman–Crippen MR) is 112 cm³/mol. The minimum absolute atomic E-state index is 0.243. The Morgan fingerprint density at radius 2 is 1.70 bits per heavy atom. The van der Waals surface area contributed by atoms with Gasteiger partial charge in [0.05, 0.1) is 5.56 Å². The van der Waals surface area contributed by atoms with Crippen LogP contribution in [0.1, 0.15) is 16.7 Å². The van der Waals surface area contributed by atoms with E-state index in [0.29, 0.717) is 18.1 Å². The molecular weight excluding hydrogens is 393 g/mol. The van der Waals surface area contributed by atoms with Crippen molar-refractivity contribution in [1.29, 1.82) is 0 Å². The molecule has 0 aliphatic carbocycles. The Balaban J connectivity index is 1.54. The monoisotopic (exact) mass is 420 g/mol. The Morgan fingerprint density at radius 3 is 2.33 bits per heavy atom. The number of hydrogen-bond acceptors (Lipinski definition) is 4. The third-order valence-corrected chi connectivity index (χ3v) is 5.04. The molecule has 0 radical (unpaired) electrons. The minimum atomic E-state index is -4.35. The van der Waals surface area contributed by atoms with Gasteiger partial charge >= 0.3 is 6.18 Å². The van der Waals surface area contributed by atoms with Gasteiger partial charge in [-0.15, -0.1) is 0 Å². The highest BCUT2D eigenvalue weighted by atomic mass is 19.4. The number of nitrogens with zero attached hydrogens (tertiary/aromatic N) is 4. The Labute approximate surface area is 174 Å². The molecule has 0 spiro atoms. The molecule has 1 aliphatic heterocycles. The van der Waals surface area contributed by atoms with Crippen LogP contribution in [0.15, 0.2) is 47.6 Å². The van der Waals surface area contributed by atoms with E-state index in [-0.39, 0.29) is 6.54 Å². The van der Waals surface area contributed by atoms with E-state index in [2.05, 4.69) is 43.5 Å². The summed E-state index contributed by atoms with van der Waals surface area (Å²) < 4.78 is 38.6. The fraction of sp³-hybridized carbons (Fsp3) is 0.429. The van der Waals surface area contributed by atoms with Crippen LogP contribution < -0.4 is 15.5 Å². The van der Waals surface area contributed by atoms with Gasteiger partial charge in [-0.3, -0.25) is 4.99 Å². The summed E-state index contributed by atoms with van der Waals surface area (Å²) in [5.41, 5.74) is 0.938. The quantitative estimate of drug-likeness (QED) is 0.576. The zero-order chi connectivity index (χ0) is 21.6. The molecule has 2 N–H and O–H groups in total. The van der Waals surface area contributed by atoms with Crippen LogP contribution in [0.25, 0.3) is 0 Å². The van der Waals surface area contributed by atoms with Crippen molar-refractivity contribution < 1.29 is 13.2 Å². The van der Waals surface area contributed by atoms with Crippen LogP contribution in [0, 0.1) is 0 Å². The van der Waals surface area contributed by atoms with Gasteiger partial charge in [-0.2, -0.15) is 13.2 Å². The lowest BCUT2D eigenvalue weighted by Gasteiger charge is -2.33. The van der Waals surface area contributed by atoms with Gasteiger partial charge in [-0.25, -0.2) is 4.98 Å². The molecule has 3 rings (SSSR count). The van der Waals surface area contributed by atoms with Gasteiger partial charge < -0.3 is 20.4 Å². The Bertz CT molecular complexity index is 860. The van der Waals surface area contributed by atoms with Gasteiger partial charge in [0.25, 0.3) is 0 Å². The predicted octanol–water partition coefficient (Wildman–Crippen LogP) is 2.72. The van der Waals surface area contributed by atoms with Crippen LogP contribution >= 0.6 is 0 Å². The first-order valence-electron chi connectivity index (χ1n) is 9.84. The van der Waals surface area contributed by atoms with Crippen LogP contribution in [0.5, 0.6) is 0 Å². The lowest BCUT2D eigenvalue weighted by Crippen LogP contribution is -2.44. The van der Waals surface area contributed by atoms with E-state index in [1.54, 1.807) is 19.3 Å². The molecule has 9 heteroatoms. The zero-order valence-electron chi connectivity index (χ0n) is 17.2. The number of likely N-dealkylation sites (N-methyl/N-ethyl adjacent to an activating group) is 1. The van der Waals surface area contributed by atoms with E-state index in [4.69, 9.17) is 0 Å². The number of piperazine rings is 1. The lowest BCUT2D eigenvalue weighted by molar-refractivity contribution is -0.137. The van der Waals surface area contributed by atoms with Crippen molar-refractivity contribution in [3.05, 3.63) is 59.3 Å². The number of aromatic nitrogens is 1. The number of pyridine rings is 1. The highest BCUT2D eigenvalue weighted by molar-refractivity contribution is 5.79. The third kappa shape index (κ3) is 6.09. The Hall–Kier alpha value is -2.81. The molecule has 1 saturated heterocycles. The molecular formula is C21H27F3N6. The molecule has 162 valence electrons. The third-order valence-electron chi connectivity index (χ3n) is 5.04. The normalized spacial score (nSPS) is 15.9. The second kappa shape index (κ2) is 9.80. The molecule has 30 heavy (non-hydrogen) atoms. The first-order chi connectivity index (χ1) is 14.3. The van der Waals surface area contributed by atoms with Crippen LogP contribution in [-0.2, 0) is 19.3 Å². The average molecular weight is 420 g/mol. The molecule has 1 aromatic carbocycles. The number of nitrogens with one attached hydrogen (secondary N) is 2. The maximum absolute atomic E-state index is 12.9. The molecule has 2 heterocycles.